The van der Waals surface area contributed by atoms with Crippen molar-refractivity contribution in [3.8, 4) is 23.0 Å². The highest BCUT2D eigenvalue weighted by Crippen LogP contribution is 2.54. The van der Waals surface area contributed by atoms with Crippen molar-refractivity contribution in [1.82, 2.24) is 0 Å². The Morgan fingerprint density at radius 1 is 0.266 bits per heavy atom. The lowest BCUT2D eigenvalue weighted by atomic mass is 9.91. The molecule has 6 heteroatoms. The monoisotopic (exact) mass is 878 g/mol. The Hall–Kier alpha value is -6.18. The summed E-state index contributed by atoms with van der Waals surface area (Å²) in [4.78, 5) is 0. The van der Waals surface area contributed by atoms with Crippen LogP contribution in [0.15, 0.2) is 182 Å². The van der Waals surface area contributed by atoms with Crippen LogP contribution in [-0.4, -0.2) is 41.8 Å². The summed E-state index contributed by atoms with van der Waals surface area (Å²) < 4.78 is 25.9. The first-order chi connectivity index (χ1) is 31.3. The first-order valence-electron chi connectivity index (χ1n) is 22.0. The maximum absolute atomic E-state index is 6.49. The van der Waals surface area contributed by atoms with E-state index in [0.29, 0.717) is 25.7 Å². The highest BCUT2D eigenvalue weighted by Gasteiger charge is 2.43. The molecule has 0 aromatic heterocycles. The molecule has 8 aromatic carbocycles. The molecule has 0 saturated heterocycles. The van der Waals surface area contributed by atoms with E-state index < -0.39 is 14.5 Å². The molecule has 0 fully saturated rings. The molecule has 0 spiro atoms. The Morgan fingerprint density at radius 2 is 0.484 bits per heavy atom. The number of hydrogen-bond donors (Lipinski definition) is 0. The molecule has 8 aromatic rings. The molecule has 0 amide bonds. The van der Waals surface area contributed by atoms with Gasteiger partial charge < -0.3 is 18.9 Å². The molecule has 0 unspecified atom stereocenters. The van der Waals surface area contributed by atoms with Crippen molar-refractivity contribution in [3.05, 3.63) is 226 Å². The Kier molecular flexibility index (Phi) is 12.5. The smallest absolute Gasteiger partial charge is 0.126 e. The van der Waals surface area contributed by atoms with E-state index in [4.69, 9.17) is 18.9 Å². The lowest BCUT2D eigenvalue weighted by Gasteiger charge is -2.27. The fourth-order valence-corrected chi connectivity index (χ4v) is 16.5. The van der Waals surface area contributed by atoms with Crippen LogP contribution in [0.5, 0.6) is 23.0 Å². The van der Waals surface area contributed by atoms with E-state index in [0.717, 1.165) is 67.5 Å². The van der Waals surface area contributed by atoms with Gasteiger partial charge in [-0.3, -0.25) is 0 Å². The van der Waals surface area contributed by atoms with Crippen LogP contribution in [0.4, 0.5) is 0 Å². The van der Waals surface area contributed by atoms with Crippen LogP contribution >= 0.6 is 14.5 Å². The standard InChI is InChI=1S/C58H56O4P2/c1-59-55-41-21-19-22-42(55)34-46-38-54(64(6,51-29-15-9-16-30-51)52-31-17-10-18-32-52)40-48(58(46)62-4)36-44-24-20-23-43(56(44)60-2)35-47-39-53(37-45(33-41)57(47)61-3)63(5,49-25-11-7-12-26-49)50-27-13-8-14-28-50/h7-32,37-40H,33-36H2,1-6H3/q+2. The molecule has 0 N–H and O–H groups in total. The van der Waals surface area contributed by atoms with Gasteiger partial charge in [-0.2, -0.15) is 0 Å². The Labute approximate surface area is 380 Å². The van der Waals surface area contributed by atoms with Crippen LogP contribution in [0.3, 0.4) is 0 Å². The van der Waals surface area contributed by atoms with Gasteiger partial charge in [-0.25, -0.2) is 0 Å². The molecule has 64 heavy (non-hydrogen) atoms. The maximum Gasteiger partial charge on any atom is 0.126 e. The molecule has 0 aliphatic heterocycles. The molecule has 1 aliphatic carbocycles. The van der Waals surface area contributed by atoms with Gasteiger partial charge in [-0.1, -0.05) is 109 Å². The SMILES string of the molecule is COc1c2cccc1Cc1cc([P+](C)(c3ccccc3)c3ccccc3)cc(c1OC)Cc1cccc(c1OC)Cc1cc([P+](C)(c3ccccc3)c3ccccc3)cc(c1OC)C2. The van der Waals surface area contributed by atoms with Gasteiger partial charge in [0.15, 0.2) is 0 Å². The number of benzene rings is 8. The summed E-state index contributed by atoms with van der Waals surface area (Å²) in [6.07, 6.45) is 2.48. The fraction of sp³-hybridized carbons (Fsp3) is 0.172. The lowest BCUT2D eigenvalue weighted by Crippen LogP contribution is -2.31. The third kappa shape index (κ3) is 7.89. The van der Waals surface area contributed by atoms with Gasteiger partial charge in [0.1, 0.15) is 69.4 Å². The topological polar surface area (TPSA) is 36.9 Å². The highest BCUT2D eigenvalue weighted by atomic mass is 31.2. The molecule has 0 saturated carbocycles. The summed E-state index contributed by atoms with van der Waals surface area (Å²) >= 11 is 0. The lowest BCUT2D eigenvalue weighted by molar-refractivity contribution is 0.396. The van der Waals surface area contributed by atoms with Gasteiger partial charge in [-0.15, -0.1) is 0 Å². The van der Waals surface area contributed by atoms with Gasteiger partial charge in [0.05, 0.1) is 41.8 Å². The third-order valence-electron chi connectivity index (χ3n) is 13.3. The molecule has 9 rings (SSSR count). The predicted octanol–water partition coefficient (Wildman–Crippen LogP) is 10.2. The summed E-state index contributed by atoms with van der Waals surface area (Å²) in [5.74, 6) is 3.56. The van der Waals surface area contributed by atoms with Crippen LogP contribution in [0.2, 0.25) is 0 Å². The minimum atomic E-state index is -2.12. The van der Waals surface area contributed by atoms with Gasteiger partial charge >= 0.3 is 0 Å². The maximum atomic E-state index is 6.49. The van der Waals surface area contributed by atoms with E-state index in [2.05, 4.69) is 195 Å². The van der Waals surface area contributed by atoms with Crippen molar-refractivity contribution in [2.45, 2.75) is 25.7 Å². The van der Waals surface area contributed by atoms with Crippen LogP contribution in [0, 0.1) is 0 Å². The number of hydrogen-bond acceptors (Lipinski definition) is 4. The number of rotatable bonds is 10. The predicted molar refractivity (Wildman–Crippen MR) is 272 cm³/mol. The summed E-state index contributed by atoms with van der Waals surface area (Å²) in [7, 11) is 2.98. The van der Waals surface area contributed by atoms with Gasteiger partial charge in [0.25, 0.3) is 0 Å². The van der Waals surface area contributed by atoms with Crippen molar-refractivity contribution < 1.29 is 18.9 Å². The second-order valence-corrected chi connectivity index (χ2v) is 24.0. The summed E-state index contributed by atoms with van der Waals surface area (Å²) in [5, 5.41) is 7.93. The van der Waals surface area contributed by atoms with E-state index in [9.17, 15) is 0 Å². The van der Waals surface area contributed by atoms with Crippen LogP contribution < -0.4 is 50.8 Å². The number of para-hydroxylation sites is 2. The Morgan fingerprint density at radius 3 is 0.703 bits per heavy atom. The van der Waals surface area contributed by atoms with Gasteiger partial charge in [0, 0.05) is 47.9 Å². The van der Waals surface area contributed by atoms with E-state index in [1.54, 1.807) is 14.2 Å². The van der Waals surface area contributed by atoms with Crippen molar-refractivity contribution in [2.75, 3.05) is 41.8 Å². The molecule has 0 radical (unpaired) electrons. The Bertz CT molecular complexity index is 2530. The highest BCUT2D eigenvalue weighted by molar-refractivity contribution is 7.95. The number of methoxy groups -OCH3 is 4. The first kappa shape index (κ1) is 43.1. The minimum Gasteiger partial charge on any atom is -0.496 e. The van der Waals surface area contributed by atoms with Crippen molar-refractivity contribution in [3.63, 3.8) is 0 Å². The average molecular weight is 879 g/mol. The largest absolute Gasteiger partial charge is 0.496 e. The van der Waals surface area contributed by atoms with E-state index in [1.165, 1.54) is 31.8 Å². The van der Waals surface area contributed by atoms with E-state index in [-0.39, 0.29) is 0 Å². The zero-order chi connectivity index (χ0) is 44.3. The second-order valence-electron chi connectivity index (χ2n) is 16.9. The van der Waals surface area contributed by atoms with Crippen molar-refractivity contribution >= 4 is 46.4 Å². The van der Waals surface area contributed by atoms with E-state index >= 15 is 0 Å². The Balaban J connectivity index is 1.31. The average Bonchev–Trinajstić information content (AvgIpc) is 3.34. The molecule has 0 heterocycles. The minimum absolute atomic E-state index is 0.621. The molecule has 0 atom stereocenters. The third-order valence-corrected chi connectivity index (χ3v) is 21.2. The van der Waals surface area contributed by atoms with Crippen LogP contribution in [-0.2, 0) is 25.7 Å². The van der Waals surface area contributed by atoms with Crippen LogP contribution in [0.25, 0.3) is 0 Å². The van der Waals surface area contributed by atoms with Gasteiger partial charge in [0.2, 0.25) is 0 Å². The van der Waals surface area contributed by atoms with Crippen molar-refractivity contribution in [1.29, 1.82) is 0 Å². The molecular formula is C58H56O4P2+2. The number of ether oxygens (including phenoxy) is 4. The zero-order valence-electron chi connectivity index (χ0n) is 37.7. The normalized spacial score (nSPS) is 12.6. The van der Waals surface area contributed by atoms with Crippen LogP contribution in [0.1, 0.15) is 44.5 Å². The summed E-state index contributed by atoms with van der Waals surface area (Å²) in [6, 6.07) is 66.9. The van der Waals surface area contributed by atoms with Crippen molar-refractivity contribution in [2.24, 2.45) is 0 Å². The van der Waals surface area contributed by atoms with Gasteiger partial charge in [-0.05, 0) is 95.1 Å². The molecule has 320 valence electrons. The van der Waals surface area contributed by atoms with E-state index in [1.807, 2.05) is 14.2 Å². The summed E-state index contributed by atoms with van der Waals surface area (Å²) in [5.41, 5.74) is 8.92. The molecule has 1 aliphatic rings. The second kappa shape index (κ2) is 18.5. The molecule has 8 bridgehead atoms. The quantitative estimate of drug-likeness (QED) is 0.128. The first-order valence-corrected chi connectivity index (χ1v) is 26.4. The fourth-order valence-electron chi connectivity index (χ4n) is 10.0. The molecular weight excluding hydrogens is 823 g/mol. The summed E-state index contributed by atoms with van der Waals surface area (Å²) in [6.45, 7) is 4.92. The molecule has 4 nitrogen and oxygen atoms in total. The zero-order valence-corrected chi connectivity index (χ0v) is 39.5. The number of fused-ring (bicyclic) bond motifs is 8.